The first-order valence-electron chi connectivity index (χ1n) is 11.1. The van der Waals surface area contributed by atoms with Crippen molar-refractivity contribution in [3.05, 3.63) is 125 Å². The van der Waals surface area contributed by atoms with Crippen LogP contribution in [0.25, 0.3) is 10.6 Å². The van der Waals surface area contributed by atoms with E-state index in [2.05, 4.69) is 91.0 Å². The van der Waals surface area contributed by atoms with Crippen molar-refractivity contribution >= 4 is 70.4 Å². The topological polar surface area (TPSA) is 12.9 Å². The molecule has 0 atom stereocenters. The van der Waals surface area contributed by atoms with E-state index in [1.807, 2.05) is 24.3 Å². The van der Waals surface area contributed by atoms with Gasteiger partial charge < -0.3 is 17.3 Å². The van der Waals surface area contributed by atoms with Gasteiger partial charge >= 0.3 is 7.25 Å². The van der Waals surface area contributed by atoms with Crippen molar-refractivity contribution in [2.75, 3.05) is 0 Å². The molecule has 1 heterocycles. The molecule has 37 heavy (non-hydrogen) atoms. The van der Waals surface area contributed by atoms with Crippen LogP contribution in [0, 0.1) is 0 Å². The highest BCUT2D eigenvalue weighted by Gasteiger charge is 2.51. The molecule has 0 aliphatic carbocycles. The van der Waals surface area contributed by atoms with Crippen molar-refractivity contribution in [3.63, 3.8) is 0 Å². The zero-order valence-corrected chi connectivity index (χ0v) is 22.3. The van der Waals surface area contributed by atoms with Crippen LogP contribution in [0.1, 0.15) is 0 Å². The Morgan fingerprint density at radius 2 is 0.973 bits per heavy atom. The summed E-state index contributed by atoms with van der Waals surface area (Å²) in [7, 11) is -8.31. The number of benzene rings is 4. The molecule has 1 nitrogen and oxygen atoms in total. The van der Waals surface area contributed by atoms with Gasteiger partial charge in [-0.05, 0) is 48.5 Å². The molecular weight excluding hydrogens is 559 g/mol. The molecule has 0 spiro atoms. The number of aromatic nitrogens is 1. The fourth-order valence-corrected chi connectivity index (χ4v) is 10.1. The van der Waals surface area contributed by atoms with E-state index in [0.717, 1.165) is 20.3 Å². The summed E-state index contributed by atoms with van der Waals surface area (Å²) in [5, 5.41) is 5.29. The van der Waals surface area contributed by atoms with E-state index in [1.165, 1.54) is 27.3 Å². The Labute approximate surface area is 227 Å². The molecule has 1 aromatic heterocycles. The van der Waals surface area contributed by atoms with Gasteiger partial charge in [-0.1, -0.05) is 101 Å². The van der Waals surface area contributed by atoms with Gasteiger partial charge in [-0.2, -0.15) is 4.98 Å². The Balaban J connectivity index is 0.000000586. The molecule has 0 saturated heterocycles. The third-order valence-electron chi connectivity index (χ3n) is 5.41. The van der Waals surface area contributed by atoms with Crippen LogP contribution >= 0.6 is 41.8 Å². The fourth-order valence-electron chi connectivity index (χ4n) is 3.99. The molecule has 0 aliphatic heterocycles. The number of hydrogen-bond acceptors (Lipinski definition) is 2. The fraction of sp³-hybridized carbons (Fsp3) is 0. The number of halogens is 6. The minimum absolute atomic E-state index is 0.705. The second-order valence-electron chi connectivity index (χ2n) is 7.80. The van der Waals surface area contributed by atoms with Crippen molar-refractivity contribution in [2.24, 2.45) is 0 Å². The van der Waals surface area contributed by atoms with Gasteiger partial charge in [-0.25, -0.2) is 0 Å². The molecule has 0 radical (unpaired) electrons. The van der Waals surface area contributed by atoms with Gasteiger partial charge in [-0.3, -0.25) is 0 Å². The first-order valence-corrected chi connectivity index (χ1v) is 14.4. The Kier molecular flexibility index (Phi) is 8.71. The molecule has 10 heteroatoms. The summed E-state index contributed by atoms with van der Waals surface area (Å²) in [6.45, 7) is 0. The van der Waals surface area contributed by atoms with Gasteiger partial charge in [0.1, 0.15) is 20.9 Å². The second-order valence-corrected chi connectivity index (χ2v) is 13.1. The van der Waals surface area contributed by atoms with E-state index in [9.17, 15) is 17.3 Å². The number of rotatable bonds is 5. The molecule has 188 valence electrons. The lowest BCUT2D eigenvalue weighted by molar-refractivity contribution is 0.368. The van der Waals surface area contributed by atoms with Gasteiger partial charge in [0, 0.05) is 10.6 Å². The smallest absolute Gasteiger partial charge is 0.418 e. The summed E-state index contributed by atoms with van der Waals surface area (Å²) in [4.78, 5) is 5.20. The summed E-state index contributed by atoms with van der Waals surface area (Å²) in [6, 6.07) is 39.7. The van der Waals surface area contributed by atoms with Gasteiger partial charge in [0.2, 0.25) is 5.44 Å². The summed E-state index contributed by atoms with van der Waals surface area (Å²) >= 11 is 14.7. The van der Waals surface area contributed by atoms with Crippen LogP contribution in [0.3, 0.4) is 0 Å². The number of nitrogens with zero attached hydrogens (tertiary/aromatic N) is 1. The molecule has 0 saturated carbocycles. The molecule has 0 N–H and O–H groups in total. The Bertz CT molecular complexity index is 1330. The van der Waals surface area contributed by atoms with Crippen molar-refractivity contribution in [2.45, 2.75) is 0 Å². The number of hydrogen-bond donors (Lipinski definition) is 0. The molecule has 0 amide bonds. The summed E-state index contributed by atoms with van der Waals surface area (Å²) < 4.78 is 39.7. The molecule has 4 aromatic carbocycles. The largest absolute Gasteiger partial charge is 0.673 e. The molecule has 0 bridgehead atoms. The minimum atomic E-state index is -6.00. The second kappa shape index (κ2) is 11.8. The minimum Gasteiger partial charge on any atom is -0.418 e. The molecule has 5 aromatic rings. The van der Waals surface area contributed by atoms with Crippen LogP contribution < -0.4 is 21.3 Å². The lowest BCUT2D eigenvalue weighted by Crippen LogP contribution is -2.39. The van der Waals surface area contributed by atoms with Crippen LogP contribution in [0.15, 0.2) is 115 Å². The monoisotopic (exact) mass is 577 g/mol. The van der Waals surface area contributed by atoms with Crippen LogP contribution in [-0.4, -0.2) is 12.2 Å². The Morgan fingerprint density at radius 1 is 0.595 bits per heavy atom. The van der Waals surface area contributed by atoms with Crippen molar-refractivity contribution in [3.8, 4) is 10.6 Å². The predicted octanol–water partition coefficient (Wildman–Crippen LogP) is 8.04. The van der Waals surface area contributed by atoms with E-state index in [-0.39, 0.29) is 0 Å². The third kappa shape index (κ3) is 6.42. The first-order chi connectivity index (χ1) is 17.7. The van der Waals surface area contributed by atoms with Crippen molar-refractivity contribution in [1.82, 2.24) is 4.98 Å². The average Bonchev–Trinajstić information content (AvgIpc) is 3.28. The molecule has 0 unspecified atom stereocenters. The normalized spacial score (nSPS) is 11.5. The van der Waals surface area contributed by atoms with Gasteiger partial charge in [0.25, 0.3) is 0 Å². The van der Waals surface area contributed by atoms with Crippen LogP contribution in [0.5, 0.6) is 0 Å². The molecule has 5 rings (SSSR count). The zero-order chi connectivity index (χ0) is 26.5. The highest BCUT2D eigenvalue weighted by molar-refractivity contribution is 8.01. The SMILES string of the molecule is Clc1ccc(-c2nc([P+](c3ccccc3)(c3ccccc3)c3ccccc3)c(Cl)s2)cc1.F[B-](F)(F)F. The van der Waals surface area contributed by atoms with E-state index >= 15 is 0 Å². The van der Waals surface area contributed by atoms with Crippen LogP contribution in [0.2, 0.25) is 9.36 Å². The van der Waals surface area contributed by atoms with Gasteiger partial charge in [0.15, 0.2) is 11.6 Å². The summed E-state index contributed by atoms with van der Waals surface area (Å²) in [5.41, 5.74) is 1.96. The van der Waals surface area contributed by atoms with E-state index in [4.69, 9.17) is 28.2 Å². The lowest BCUT2D eigenvalue weighted by Gasteiger charge is -2.25. The van der Waals surface area contributed by atoms with Gasteiger partial charge in [-0.15, -0.1) is 0 Å². The van der Waals surface area contributed by atoms with Crippen molar-refractivity contribution in [1.29, 1.82) is 0 Å². The highest BCUT2D eigenvalue weighted by Crippen LogP contribution is 2.56. The highest BCUT2D eigenvalue weighted by atomic mass is 35.5. The van der Waals surface area contributed by atoms with Crippen LogP contribution in [0.4, 0.5) is 17.3 Å². The lowest BCUT2D eigenvalue weighted by atomic mass is 10.2. The third-order valence-corrected chi connectivity index (χ3v) is 11.4. The standard InChI is InChI=1S/C27H19Cl2NPS.BF4/c28-21-18-16-20(17-19-21)27-30-26(25(29)32-27)31(22-10-4-1-5-11-22,23-12-6-2-7-13-23)24-14-8-3-9-15-24;2-1(3,4)5/h1-19H;/q+1;-1. The van der Waals surface area contributed by atoms with Crippen LogP contribution in [-0.2, 0) is 0 Å². The molecular formula is C27H19BCl2F4NPS. The molecule has 0 aliphatic rings. The zero-order valence-electron chi connectivity index (χ0n) is 19.1. The first kappa shape index (κ1) is 27.3. The summed E-state index contributed by atoms with van der Waals surface area (Å²) in [6.07, 6.45) is 0. The summed E-state index contributed by atoms with van der Waals surface area (Å²) in [5.74, 6) is 0. The Morgan fingerprint density at radius 3 is 1.35 bits per heavy atom. The maximum Gasteiger partial charge on any atom is 0.673 e. The maximum atomic E-state index is 9.75. The van der Waals surface area contributed by atoms with E-state index in [1.54, 1.807) is 0 Å². The van der Waals surface area contributed by atoms with Crippen molar-refractivity contribution < 1.29 is 17.3 Å². The maximum absolute atomic E-state index is 9.75. The average molecular weight is 578 g/mol. The number of thiazole rings is 1. The predicted molar refractivity (Wildman–Crippen MR) is 153 cm³/mol. The molecule has 0 fully saturated rings. The van der Waals surface area contributed by atoms with Gasteiger partial charge in [0.05, 0.1) is 0 Å². The van der Waals surface area contributed by atoms with E-state index in [0.29, 0.717) is 5.02 Å². The Hall–Kier alpha value is -2.70. The quantitative estimate of drug-likeness (QED) is 0.117. The van der Waals surface area contributed by atoms with E-state index < -0.39 is 14.5 Å².